The van der Waals surface area contributed by atoms with Gasteiger partial charge in [0.25, 0.3) is 0 Å². The van der Waals surface area contributed by atoms with Crippen molar-refractivity contribution in [2.45, 2.75) is 49.9 Å². The van der Waals surface area contributed by atoms with Gasteiger partial charge in [0.1, 0.15) is 5.82 Å². The maximum atomic E-state index is 13.4. The highest BCUT2D eigenvalue weighted by atomic mass is 32.2. The first-order valence-electron chi connectivity index (χ1n) is 6.21. The summed E-state index contributed by atoms with van der Waals surface area (Å²) in [5.41, 5.74) is 1.12. The van der Waals surface area contributed by atoms with E-state index in [4.69, 9.17) is 0 Å². The predicted octanol–water partition coefficient (Wildman–Crippen LogP) is 4.00. The van der Waals surface area contributed by atoms with Gasteiger partial charge in [0.15, 0.2) is 0 Å². The minimum Gasteiger partial charge on any atom is -0.307 e. The zero-order valence-corrected chi connectivity index (χ0v) is 11.6. The second-order valence-electron chi connectivity index (χ2n) is 5.16. The van der Waals surface area contributed by atoms with E-state index in [0.717, 1.165) is 5.56 Å². The van der Waals surface area contributed by atoms with Crippen molar-refractivity contribution >= 4 is 11.8 Å². The lowest BCUT2D eigenvalue weighted by Gasteiger charge is -2.37. The first-order chi connectivity index (χ1) is 7.99. The lowest BCUT2D eigenvalue weighted by atomic mass is 9.90. The average molecular weight is 253 g/mol. The van der Waals surface area contributed by atoms with Gasteiger partial charge in [-0.15, -0.1) is 11.8 Å². The van der Waals surface area contributed by atoms with Crippen LogP contribution >= 0.6 is 11.8 Å². The number of hydrogen-bond donors (Lipinski definition) is 1. The molecule has 1 nitrogen and oxygen atoms in total. The maximum Gasteiger partial charge on any atom is 0.123 e. The predicted molar refractivity (Wildman–Crippen MR) is 71.9 cm³/mol. The van der Waals surface area contributed by atoms with Crippen LogP contribution in [0.2, 0.25) is 0 Å². The van der Waals surface area contributed by atoms with Gasteiger partial charge in [0.2, 0.25) is 0 Å². The molecule has 1 aromatic carbocycles. The van der Waals surface area contributed by atoms with Crippen molar-refractivity contribution in [3.8, 4) is 0 Å². The van der Waals surface area contributed by atoms with E-state index >= 15 is 0 Å². The Morgan fingerprint density at radius 2 is 2.00 bits per heavy atom. The largest absolute Gasteiger partial charge is 0.307 e. The normalized spacial score (nSPS) is 28.2. The number of halogens is 1. The summed E-state index contributed by atoms with van der Waals surface area (Å²) in [7, 11) is 0. The zero-order chi connectivity index (χ0) is 12.6. The summed E-state index contributed by atoms with van der Waals surface area (Å²) >= 11 is 1.85. The standard InChI is InChI=1S/C14H20FNS/c1-8(2)16-14-9(3)10(4)17-13-6-5-11(15)7-12(13)14/h5-10,14,16H,1-4H3. The summed E-state index contributed by atoms with van der Waals surface area (Å²) in [5.74, 6) is 0.373. The number of hydrogen-bond acceptors (Lipinski definition) is 2. The van der Waals surface area contributed by atoms with Crippen molar-refractivity contribution in [3.05, 3.63) is 29.6 Å². The molecule has 0 amide bonds. The zero-order valence-electron chi connectivity index (χ0n) is 10.8. The molecule has 0 radical (unpaired) electrons. The van der Waals surface area contributed by atoms with Crippen LogP contribution in [0.25, 0.3) is 0 Å². The fourth-order valence-corrected chi connectivity index (χ4v) is 3.57. The summed E-state index contributed by atoms with van der Waals surface area (Å²) in [5, 5.41) is 4.12. The Hall–Kier alpha value is -0.540. The third-order valence-electron chi connectivity index (χ3n) is 3.40. The van der Waals surface area contributed by atoms with Gasteiger partial charge in [-0.2, -0.15) is 0 Å². The molecule has 0 aliphatic carbocycles. The molecular weight excluding hydrogens is 233 g/mol. The summed E-state index contributed by atoms with van der Waals surface area (Å²) in [6.07, 6.45) is 0. The Morgan fingerprint density at radius 1 is 1.29 bits per heavy atom. The van der Waals surface area contributed by atoms with Crippen LogP contribution < -0.4 is 5.32 Å². The van der Waals surface area contributed by atoms with Crippen molar-refractivity contribution in [2.75, 3.05) is 0 Å². The van der Waals surface area contributed by atoms with Crippen LogP contribution in [-0.2, 0) is 0 Å². The molecule has 0 bridgehead atoms. The molecule has 3 atom stereocenters. The van der Waals surface area contributed by atoms with Crippen molar-refractivity contribution in [3.63, 3.8) is 0 Å². The van der Waals surface area contributed by atoms with Crippen molar-refractivity contribution in [1.29, 1.82) is 0 Å². The molecule has 0 spiro atoms. The highest BCUT2D eigenvalue weighted by Gasteiger charge is 2.32. The third kappa shape index (κ3) is 2.66. The van der Waals surface area contributed by atoms with Gasteiger partial charge in [-0.05, 0) is 29.7 Å². The highest BCUT2D eigenvalue weighted by Crippen LogP contribution is 2.44. The van der Waals surface area contributed by atoms with Crippen LogP contribution in [0.5, 0.6) is 0 Å². The van der Waals surface area contributed by atoms with Crippen molar-refractivity contribution in [1.82, 2.24) is 5.32 Å². The van der Waals surface area contributed by atoms with E-state index in [1.54, 1.807) is 12.1 Å². The molecule has 94 valence electrons. The van der Waals surface area contributed by atoms with Crippen LogP contribution in [0.3, 0.4) is 0 Å². The van der Waals surface area contributed by atoms with Crippen LogP contribution in [-0.4, -0.2) is 11.3 Å². The van der Waals surface area contributed by atoms with Crippen LogP contribution in [0.15, 0.2) is 23.1 Å². The quantitative estimate of drug-likeness (QED) is 0.855. The molecule has 0 aromatic heterocycles. The molecule has 3 unspecified atom stereocenters. The fourth-order valence-electron chi connectivity index (χ4n) is 2.33. The third-order valence-corrected chi connectivity index (χ3v) is 4.83. The second kappa shape index (κ2) is 4.99. The number of nitrogens with one attached hydrogen (secondary N) is 1. The maximum absolute atomic E-state index is 13.4. The molecule has 1 aliphatic heterocycles. The SMILES string of the molecule is CC(C)NC1c2cc(F)ccc2SC(C)C1C. The summed E-state index contributed by atoms with van der Waals surface area (Å²) in [4.78, 5) is 1.22. The monoisotopic (exact) mass is 253 g/mol. The van der Waals surface area contributed by atoms with Crippen LogP contribution in [0.4, 0.5) is 4.39 Å². The number of thioether (sulfide) groups is 1. The summed E-state index contributed by atoms with van der Waals surface area (Å²) < 4.78 is 13.4. The van der Waals surface area contributed by atoms with E-state index in [9.17, 15) is 4.39 Å². The molecule has 0 fully saturated rings. The average Bonchev–Trinajstić information content (AvgIpc) is 2.25. The van der Waals surface area contributed by atoms with Crippen LogP contribution in [0.1, 0.15) is 39.3 Å². The fraction of sp³-hybridized carbons (Fsp3) is 0.571. The van der Waals surface area contributed by atoms with Gasteiger partial charge < -0.3 is 5.32 Å². The van der Waals surface area contributed by atoms with E-state index in [0.29, 0.717) is 17.2 Å². The Balaban J connectivity index is 2.39. The number of benzene rings is 1. The Kier molecular flexibility index (Phi) is 3.79. The minimum absolute atomic E-state index is 0.137. The first kappa shape index (κ1) is 12.9. The van der Waals surface area contributed by atoms with E-state index in [-0.39, 0.29) is 11.9 Å². The van der Waals surface area contributed by atoms with E-state index in [1.165, 1.54) is 4.90 Å². The first-order valence-corrected chi connectivity index (χ1v) is 7.09. The molecule has 3 heteroatoms. The smallest absolute Gasteiger partial charge is 0.123 e. The minimum atomic E-state index is -0.137. The summed E-state index contributed by atoms with van der Waals surface area (Å²) in [6.45, 7) is 8.76. The molecule has 1 aliphatic rings. The van der Waals surface area contributed by atoms with E-state index < -0.39 is 0 Å². The topological polar surface area (TPSA) is 12.0 Å². The van der Waals surface area contributed by atoms with Crippen molar-refractivity contribution in [2.24, 2.45) is 5.92 Å². The second-order valence-corrected chi connectivity index (χ2v) is 6.58. The molecule has 17 heavy (non-hydrogen) atoms. The molecule has 1 heterocycles. The van der Waals surface area contributed by atoms with Gasteiger partial charge in [-0.1, -0.05) is 27.7 Å². The van der Waals surface area contributed by atoms with Crippen LogP contribution in [0, 0.1) is 11.7 Å². The number of fused-ring (bicyclic) bond motifs is 1. The van der Waals surface area contributed by atoms with E-state index in [2.05, 4.69) is 33.0 Å². The molecule has 1 N–H and O–H groups in total. The molecule has 1 aromatic rings. The summed E-state index contributed by atoms with van der Waals surface area (Å²) in [6, 6.07) is 5.82. The Bertz CT molecular complexity index is 405. The van der Waals surface area contributed by atoms with Gasteiger partial charge >= 0.3 is 0 Å². The van der Waals surface area contributed by atoms with Gasteiger partial charge in [0, 0.05) is 22.2 Å². The van der Waals surface area contributed by atoms with Gasteiger partial charge in [-0.3, -0.25) is 0 Å². The van der Waals surface area contributed by atoms with Crippen molar-refractivity contribution < 1.29 is 4.39 Å². The molecule has 0 saturated carbocycles. The van der Waals surface area contributed by atoms with Gasteiger partial charge in [-0.25, -0.2) is 4.39 Å². The molecular formula is C14H20FNS. The Morgan fingerprint density at radius 3 is 2.65 bits per heavy atom. The molecule has 2 rings (SSSR count). The Labute approximate surface area is 107 Å². The number of rotatable bonds is 2. The highest BCUT2D eigenvalue weighted by molar-refractivity contribution is 8.00. The lowest BCUT2D eigenvalue weighted by molar-refractivity contribution is 0.347. The van der Waals surface area contributed by atoms with E-state index in [1.807, 2.05) is 17.8 Å². The van der Waals surface area contributed by atoms with Gasteiger partial charge in [0.05, 0.1) is 0 Å². The molecule has 0 saturated heterocycles. The lowest BCUT2D eigenvalue weighted by Crippen LogP contribution is -2.38.